The molecular formula is C14H13NOS. The van der Waals surface area contributed by atoms with Crippen molar-refractivity contribution in [3.05, 3.63) is 58.3 Å². The van der Waals surface area contributed by atoms with Gasteiger partial charge in [0.2, 0.25) is 0 Å². The zero-order chi connectivity index (χ0) is 11.5. The summed E-state index contributed by atoms with van der Waals surface area (Å²) < 4.78 is 5.65. The van der Waals surface area contributed by atoms with E-state index in [1.165, 1.54) is 10.4 Å². The summed E-state index contributed by atoms with van der Waals surface area (Å²) in [5, 5.41) is 2.08. The summed E-state index contributed by atoms with van der Waals surface area (Å²) in [6.45, 7) is 0.671. The molecule has 0 unspecified atom stereocenters. The van der Waals surface area contributed by atoms with Gasteiger partial charge in [0.1, 0.15) is 12.6 Å². The summed E-state index contributed by atoms with van der Waals surface area (Å²) in [4.78, 5) is 5.94. The van der Waals surface area contributed by atoms with Gasteiger partial charge < -0.3 is 4.74 Å². The van der Waals surface area contributed by atoms with Crippen molar-refractivity contribution < 1.29 is 4.74 Å². The summed E-state index contributed by atoms with van der Waals surface area (Å²) in [5.41, 5.74) is 1.23. The van der Waals surface area contributed by atoms with E-state index in [1.54, 1.807) is 11.3 Å². The zero-order valence-electron chi connectivity index (χ0n) is 9.37. The number of aliphatic imine (C=N–C) groups is 1. The molecule has 0 radical (unpaired) electrons. The molecule has 3 rings (SSSR count). The molecule has 0 fully saturated rings. The molecular weight excluding hydrogens is 230 g/mol. The third-order valence-electron chi connectivity index (χ3n) is 2.80. The molecule has 1 aromatic carbocycles. The van der Waals surface area contributed by atoms with Gasteiger partial charge in [0.05, 0.1) is 6.42 Å². The minimum Gasteiger partial charge on any atom is -0.478 e. The number of rotatable bonds is 3. The first kappa shape index (κ1) is 10.5. The second-order valence-corrected chi connectivity index (χ2v) is 5.05. The van der Waals surface area contributed by atoms with Gasteiger partial charge in [-0.1, -0.05) is 36.4 Å². The number of nitrogens with zero attached hydrogens (tertiary/aromatic N) is 1. The van der Waals surface area contributed by atoms with E-state index < -0.39 is 0 Å². The highest BCUT2D eigenvalue weighted by Crippen LogP contribution is 2.24. The topological polar surface area (TPSA) is 21.6 Å². The lowest BCUT2D eigenvalue weighted by molar-refractivity contribution is 0.314. The van der Waals surface area contributed by atoms with Gasteiger partial charge in [-0.3, -0.25) is 0 Å². The molecule has 2 heterocycles. The molecule has 0 bridgehead atoms. The molecule has 1 atom stereocenters. The highest BCUT2D eigenvalue weighted by atomic mass is 32.1. The normalized spacial score (nSPS) is 18.8. The van der Waals surface area contributed by atoms with Crippen LogP contribution >= 0.6 is 11.3 Å². The number of ether oxygens (including phenoxy) is 1. The minimum atomic E-state index is 0.172. The molecule has 0 aliphatic carbocycles. The van der Waals surface area contributed by atoms with Crippen molar-refractivity contribution in [3.63, 3.8) is 0 Å². The van der Waals surface area contributed by atoms with Crippen LogP contribution in [0.3, 0.4) is 0 Å². The Morgan fingerprint density at radius 2 is 2.06 bits per heavy atom. The first-order valence-electron chi connectivity index (χ1n) is 5.68. The van der Waals surface area contributed by atoms with Crippen LogP contribution < -0.4 is 0 Å². The Hall–Kier alpha value is -1.61. The highest BCUT2D eigenvalue weighted by Gasteiger charge is 2.20. The van der Waals surface area contributed by atoms with Crippen LogP contribution in [0.1, 0.15) is 16.5 Å². The molecule has 0 saturated heterocycles. The third-order valence-corrected chi connectivity index (χ3v) is 3.67. The van der Waals surface area contributed by atoms with Gasteiger partial charge in [0, 0.05) is 4.88 Å². The monoisotopic (exact) mass is 243 g/mol. The molecule has 1 aromatic heterocycles. The molecule has 3 heteroatoms. The van der Waals surface area contributed by atoms with Gasteiger partial charge in [0.25, 0.3) is 0 Å². The van der Waals surface area contributed by atoms with E-state index in [0.29, 0.717) is 6.61 Å². The summed E-state index contributed by atoms with van der Waals surface area (Å²) in [6, 6.07) is 14.7. The summed E-state index contributed by atoms with van der Waals surface area (Å²) in [5.74, 6) is 0.862. The molecule has 0 N–H and O–H groups in total. The van der Waals surface area contributed by atoms with E-state index in [4.69, 9.17) is 4.74 Å². The first-order chi connectivity index (χ1) is 8.42. The van der Waals surface area contributed by atoms with Gasteiger partial charge in [-0.2, -0.15) is 0 Å². The van der Waals surface area contributed by atoms with Gasteiger partial charge >= 0.3 is 0 Å². The quantitative estimate of drug-likeness (QED) is 0.809. The van der Waals surface area contributed by atoms with Crippen molar-refractivity contribution in [2.24, 2.45) is 4.99 Å². The molecule has 2 aromatic rings. The summed E-state index contributed by atoms with van der Waals surface area (Å²) in [6.07, 6.45) is 0.820. The maximum absolute atomic E-state index is 5.65. The van der Waals surface area contributed by atoms with E-state index in [0.717, 1.165) is 12.3 Å². The highest BCUT2D eigenvalue weighted by molar-refractivity contribution is 7.10. The van der Waals surface area contributed by atoms with E-state index in [9.17, 15) is 0 Å². The average molecular weight is 243 g/mol. The second-order valence-electron chi connectivity index (χ2n) is 4.02. The van der Waals surface area contributed by atoms with Gasteiger partial charge in [0.15, 0.2) is 5.90 Å². The van der Waals surface area contributed by atoms with Crippen molar-refractivity contribution in [2.45, 2.75) is 12.5 Å². The smallest absolute Gasteiger partial charge is 0.189 e. The Labute approximate surface area is 105 Å². The van der Waals surface area contributed by atoms with Crippen molar-refractivity contribution in [3.8, 4) is 0 Å². The molecule has 86 valence electrons. The Bertz CT molecular complexity index is 504. The maximum Gasteiger partial charge on any atom is 0.189 e. The van der Waals surface area contributed by atoms with Gasteiger partial charge in [-0.05, 0) is 17.0 Å². The van der Waals surface area contributed by atoms with Crippen LogP contribution in [0.25, 0.3) is 0 Å². The number of hydrogen-bond acceptors (Lipinski definition) is 3. The van der Waals surface area contributed by atoms with Crippen molar-refractivity contribution >= 4 is 17.2 Å². The number of hydrogen-bond donors (Lipinski definition) is 0. The summed E-state index contributed by atoms with van der Waals surface area (Å²) >= 11 is 1.75. The van der Waals surface area contributed by atoms with E-state index in [-0.39, 0.29) is 6.04 Å². The van der Waals surface area contributed by atoms with Crippen LogP contribution in [-0.4, -0.2) is 12.5 Å². The first-order valence-corrected chi connectivity index (χ1v) is 6.56. The molecule has 1 aliphatic rings. The van der Waals surface area contributed by atoms with Crippen LogP contribution in [0.5, 0.6) is 0 Å². The fraction of sp³-hybridized carbons (Fsp3) is 0.214. The molecule has 0 spiro atoms. The lowest BCUT2D eigenvalue weighted by atomic mass is 10.1. The largest absolute Gasteiger partial charge is 0.478 e. The standard InChI is InChI=1S/C14H13NOS/c1-2-5-11(6-3-1)13-10-16-14(15-13)9-12-7-4-8-17-12/h1-8,13H,9-10H2/t13-/m0/s1. The second kappa shape index (κ2) is 4.72. The van der Waals surface area contributed by atoms with Crippen LogP contribution in [0.2, 0.25) is 0 Å². The lowest BCUT2D eigenvalue weighted by Gasteiger charge is -2.03. The predicted molar refractivity (Wildman–Crippen MR) is 70.6 cm³/mol. The van der Waals surface area contributed by atoms with E-state index >= 15 is 0 Å². The predicted octanol–water partition coefficient (Wildman–Crippen LogP) is 3.46. The lowest BCUT2D eigenvalue weighted by Crippen LogP contribution is -2.01. The van der Waals surface area contributed by atoms with Crippen molar-refractivity contribution in [2.75, 3.05) is 6.61 Å². The molecule has 17 heavy (non-hydrogen) atoms. The Kier molecular flexibility index (Phi) is 2.92. The molecule has 2 nitrogen and oxygen atoms in total. The fourth-order valence-corrected chi connectivity index (χ4v) is 2.62. The SMILES string of the molecule is c1ccc([C@@H]2COC(Cc3cccs3)=N2)cc1. The number of thiophene rings is 1. The average Bonchev–Trinajstić information content (AvgIpc) is 3.02. The van der Waals surface area contributed by atoms with Gasteiger partial charge in [-0.25, -0.2) is 4.99 Å². The maximum atomic E-state index is 5.65. The third kappa shape index (κ3) is 2.39. The number of benzene rings is 1. The summed E-state index contributed by atoms with van der Waals surface area (Å²) in [7, 11) is 0. The van der Waals surface area contributed by atoms with Gasteiger partial charge in [-0.15, -0.1) is 11.3 Å². The van der Waals surface area contributed by atoms with Crippen LogP contribution in [-0.2, 0) is 11.2 Å². The van der Waals surface area contributed by atoms with Crippen LogP contribution in [0, 0.1) is 0 Å². The Balaban J connectivity index is 1.73. The van der Waals surface area contributed by atoms with Crippen LogP contribution in [0.4, 0.5) is 0 Å². The Morgan fingerprint density at radius 1 is 1.18 bits per heavy atom. The molecule has 0 amide bonds. The van der Waals surface area contributed by atoms with E-state index in [2.05, 4.69) is 34.6 Å². The Morgan fingerprint density at radius 3 is 2.82 bits per heavy atom. The van der Waals surface area contributed by atoms with Crippen molar-refractivity contribution in [1.29, 1.82) is 0 Å². The molecule has 0 saturated carbocycles. The van der Waals surface area contributed by atoms with E-state index in [1.807, 2.05) is 18.2 Å². The minimum absolute atomic E-state index is 0.172. The molecule has 1 aliphatic heterocycles. The zero-order valence-corrected chi connectivity index (χ0v) is 10.2. The van der Waals surface area contributed by atoms with Crippen molar-refractivity contribution in [1.82, 2.24) is 0 Å². The fourth-order valence-electron chi connectivity index (χ4n) is 1.93. The van der Waals surface area contributed by atoms with Crippen LogP contribution in [0.15, 0.2) is 52.8 Å².